The number of nitrogens with two attached hydrogens (primary N) is 1. The van der Waals surface area contributed by atoms with Crippen LogP contribution in [0, 0.1) is 0 Å². The van der Waals surface area contributed by atoms with Crippen molar-refractivity contribution in [3.8, 4) is 5.75 Å². The summed E-state index contributed by atoms with van der Waals surface area (Å²) in [4.78, 5) is 0. The van der Waals surface area contributed by atoms with Crippen molar-refractivity contribution in [2.45, 2.75) is 25.1 Å². The van der Waals surface area contributed by atoms with Gasteiger partial charge in [0.25, 0.3) is 0 Å². The molecular formula is C13H17ClF3NO. The van der Waals surface area contributed by atoms with Crippen LogP contribution in [0.1, 0.15) is 30.0 Å². The number of rotatable bonds is 5. The van der Waals surface area contributed by atoms with E-state index >= 15 is 0 Å². The topological polar surface area (TPSA) is 35.2 Å². The number of alkyl halides is 3. The van der Waals surface area contributed by atoms with Gasteiger partial charge in [-0.3, -0.25) is 0 Å². The molecule has 0 amide bonds. The van der Waals surface area contributed by atoms with Crippen molar-refractivity contribution in [1.82, 2.24) is 0 Å². The Morgan fingerprint density at radius 2 is 2.05 bits per heavy atom. The highest BCUT2D eigenvalue weighted by atomic mass is 35.5. The van der Waals surface area contributed by atoms with Crippen LogP contribution in [0.4, 0.5) is 13.2 Å². The van der Waals surface area contributed by atoms with E-state index in [1.165, 1.54) is 13.2 Å². The molecule has 19 heavy (non-hydrogen) atoms. The van der Waals surface area contributed by atoms with Gasteiger partial charge >= 0.3 is 6.18 Å². The predicted molar refractivity (Wildman–Crippen MR) is 71.6 cm³/mol. The van der Waals surface area contributed by atoms with Gasteiger partial charge in [0.2, 0.25) is 0 Å². The van der Waals surface area contributed by atoms with E-state index in [4.69, 9.17) is 10.5 Å². The Bertz CT molecular complexity index is 421. The average molecular weight is 296 g/mol. The van der Waals surface area contributed by atoms with Crippen molar-refractivity contribution >= 4 is 12.4 Å². The fourth-order valence-electron chi connectivity index (χ4n) is 1.65. The SMILES string of the molecule is C=CCC[C@@H](N)c1ccc(C(F)(F)F)cc1OC.Cl. The summed E-state index contributed by atoms with van der Waals surface area (Å²) < 4.78 is 42.6. The van der Waals surface area contributed by atoms with Crippen LogP contribution in [0.15, 0.2) is 30.9 Å². The highest BCUT2D eigenvalue weighted by Gasteiger charge is 2.31. The number of hydrogen-bond donors (Lipinski definition) is 1. The first-order valence-electron chi connectivity index (χ1n) is 5.51. The molecule has 0 saturated heterocycles. The molecule has 1 atom stereocenters. The van der Waals surface area contributed by atoms with Crippen molar-refractivity contribution in [2.24, 2.45) is 5.73 Å². The highest BCUT2D eigenvalue weighted by Crippen LogP contribution is 2.35. The molecule has 108 valence electrons. The van der Waals surface area contributed by atoms with Gasteiger partial charge in [0.1, 0.15) is 5.75 Å². The minimum atomic E-state index is -4.38. The lowest BCUT2D eigenvalue weighted by atomic mass is 10.00. The van der Waals surface area contributed by atoms with Crippen LogP contribution in [0.2, 0.25) is 0 Å². The lowest BCUT2D eigenvalue weighted by Crippen LogP contribution is -2.13. The summed E-state index contributed by atoms with van der Waals surface area (Å²) in [5.41, 5.74) is 5.75. The first kappa shape index (κ1) is 17.8. The van der Waals surface area contributed by atoms with Gasteiger partial charge in [-0.1, -0.05) is 12.1 Å². The molecule has 1 aromatic carbocycles. The number of ether oxygens (including phenoxy) is 1. The molecule has 1 rings (SSSR count). The third kappa shape index (κ3) is 4.76. The lowest BCUT2D eigenvalue weighted by molar-refractivity contribution is -0.137. The third-order valence-electron chi connectivity index (χ3n) is 2.64. The van der Waals surface area contributed by atoms with Gasteiger partial charge in [-0.25, -0.2) is 0 Å². The number of halogens is 4. The number of allylic oxidation sites excluding steroid dienone is 1. The molecule has 2 nitrogen and oxygen atoms in total. The van der Waals surface area contributed by atoms with E-state index in [1.807, 2.05) is 0 Å². The van der Waals surface area contributed by atoms with Crippen LogP contribution >= 0.6 is 12.4 Å². The Morgan fingerprint density at radius 1 is 1.42 bits per heavy atom. The maximum atomic E-state index is 12.5. The molecule has 6 heteroatoms. The molecular weight excluding hydrogens is 279 g/mol. The summed E-state index contributed by atoms with van der Waals surface area (Å²) in [6.07, 6.45) is -1.34. The van der Waals surface area contributed by atoms with Gasteiger partial charge in [-0.15, -0.1) is 19.0 Å². The zero-order valence-electron chi connectivity index (χ0n) is 10.5. The fourth-order valence-corrected chi connectivity index (χ4v) is 1.65. The highest BCUT2D eigenvalue weighted by molar-refractivity contribution is 5.85. The van der Waals surface area contributed by atoms with Crippen molar-refractivity contribution < 1.29 is 17.9 Å². The van der Waals surface area contributed by atoms with E-state index in [1.54, 1.807) is 6.08 Å². The van der Waals surface area contributed by atoms with E-state index in [2.05, 4.69) is 6.58 Å². The molecule has 0 aliphatic rings. The van der Waals surface area contributed by atoms with E-state index < -0.39 is 11.7 Å². The number of benzene rings is 1. The van der Waals surface area contributed by atoms with Crippen molar-refractivity contribution in [3.63, 3.8) is 0 Å². The number of methoxy groups -OCH3 is 1. The maximum absolute atomic E-state index is 12.5. The van der Waals surface area contributed by atoms with Gasteiger partial charge in [0.05, 0.1) is 12.7 Å². The molecule has 0 bridgehead atoms. The monoisotopic (exact) mass is 295 g/mol. The predicted octanol–water partition coefficient (Wildman–Crippen LogP) is 4.10. The average Bonchev–Trinajstić information content (AvgIpc) is 2.34. The first-order valence-corrected chi connectivity index (χ1v) is 5.51. The van der Waals surface area contributed by atoms with Gasteiger partial charge in [0.15, 0.2) is 0 Å². The van der Waals surface area contributed by atoms with Crippen LogP contribution in [-0.4, -0.2) is 7.11 Å². The van der Waals surface area contributed by atoms with Crippen LogP contribution in [0.3, 0.4) is 0 Å². The van der Waals surface area contributed by atoms with E-state index in [9.17, 15) is 13.2 Å². The quantitative estimate of drug-likeness (QED) is 0.830. The standard InChI is InChI=1S/C13H16F3NO.ClH/c1-3-4-5-11(17)10-7-6-9(13(14,15)16)8-12(10)18-2;/h3,6-8,11H,1,4-5,17H2,2H3;1H/t11-;/m1./s1. The molecule has 0 aliphatic heterocycles. The molecule has 0 unspecified atom stereocenters. The fraction of sp³-hybridized carbons (Fsp3) is 0.385. The van der Waals surface area contributed by atoms with Gasteiger partial charge in [-0.05, 0) is 25.0 Å². The zero-order valence-corrected chi connectivity index (χ0v) is 11.4. The van der Waals surface area contributed by atoms with E-state index in [0.717, 1.165) is 12.1 Å². The van der Waals surface area contributed by atoms with E-state index in [-0.39, 0.29) is 24.2 Å². The Morgan fingerprint density at radius 3 is 2.53 bits per heavy atom. The van der Waals surface area contributed by atoms with Crippen LogP contribution in [0.5, 0.6) is 5.75 Å². The summed E-state index contributed by atoms with van der Waals surface area (Å²) in [5, 5.41) is 0. The second-order valence-electron chi connectivity index (χ2n) is 3.93. The van der Waals surface area contributed by atoms with Crippen molar-refractivity contribution in [3.05, 3.63) is 42.0 Å². The molecule has 0 radical (unpaired) electrons. The summed E-state index contributed by atoms with van der Waals surface area (Å²) in [6.45, 7) is 3.58. The first-order chi connectivity index (χ1) is 8.40. The summed E-state index contributed by atoms with van der Waals surface area (Å²) in [7, 11) is 1.33. The Labute approximate surface area is 116 Å². The Hall–Kier alpha value is -1.20. The zero-order chi connectivity index (χ0) is 13.8. The van der Waals surface area contributed by atoms with Crippen LogP contribution < -0.4 is 10.5 Å². The minimum Gasteiger partial charge on any atom is -0.496 e. The molecule has 0 heterocycles. The minimum absolute atomic E-state index is 0. The second-order valence-corrected chi connectivity index (χ2v) is 3.93. The summed E-state index contributed by atoms with van der Waals surface area (Å²) in [5.74, 6) is 0.168. The van der Waals surface area contributed by atoms with E-state index in [0.29, 0.717) is 18.4 Å². The molecule has 0 aromatic heterocycles. The Kier molecular flexibility index (Phi) is 6.94. The van der Waals surface area contributed by atoms with Crippen molar-refractivity contribution in [2.75, 3.05) is 7.11 Å². The molecule has 0 saturated carbocycles. The maximum Gasteiger partial charge on any atom is 0.416 e. The van der Waals surface area contributed by atoms with Gasteiger partial charge in [-0.2, -0.15) is 13.2 Å². The van der Waals surface area contributed by atoms with Gasteiger partial charge < -0.3 is 10.5 Å². The third-order valence-corrected chi connectivity index (χ3v) is 2.64. The molecule has 1 aromatic rings. The molecule has 0 fully saturated rings. The van der Waals surface area contributed by atoms with Crippen molar-refractivity contribution in [1.29, 1.82) is 0 Å². The van der Waals surface area contributed by atoms with Gasteiger partial charge in [0, 0.05) is 11.6 Å². The smallest absolute Gasteiger partial charge is 0.416 e. The Balaban J connectivity index is 0.00000324. The lowest BCUT2D eigenvalue weighted by Gasteiger charge is -2.17. The molecule has 0 aliphatic carbocycles. The molecule has 0 spiro atoms. The van der Waals surface area contributed by atoms with Crippen LogP contribution in [-0.2, 0) is 6.18 Å². The second kappa shape index (κ2) is 7.40. The number of hydrogen-bond acceptors (Lipinski definition) is 2. The van der Waals surface area contributed by atoms with Crippen LogP contribution in [0.25, 0.3) is 0 Å². The molecule has 2 N–H and O–H groups in total. The summed E-state index contributed by atoms with van der Waals surface area (Å²) in [6, 6.07) is 3.00. The largest absolute Gasteiger partial charge is 0.496 e. The summed E-state index contributed by atoms with van der Waals surface area (Å²) >= 11 is 0. The normalized spacial score (nSPS) is 12.5.